The highest BCUT2D eigenvalue weighted by molar-refractivity contribution is 7.20. The number of thiophene rings is 1. The number of nitrogens with zero attached hydrogens (tertiary/aromatic N) is 1. The van der Waals surface area contributed by atoms with Crippen molar-refractivity contribution in [2.24, 2.45) is 0 Å². The topological polar surface area (TPSA) is 62.1 Å². The summed E-state index contributed by atoms with van der Waals surface area (Å²) in [5.41, 5.74) is 4.07. The molecule has 0 atom stereocenters. The molecule has 0 saturated heterocycles. The number of carbonyl (C=O) groups excluding carboxylic acids is 1. The number of para-hydroxylation sites is 1. The average molecular weight is 360 g/mol. The smallest absolute Gasteiger partial charge is 0.262 e. The molecule has 5 heteroatoms. The van der Waals surface area contributed by atoms with Crippen LogP contribution in [0, 0.1) is 11.3 Å². The number of nitrogens with one attached hydrogen (secondary N) is 1. The first-order valence-corrected chi connectivity index (χ1v) is 9.19. The van der Waals surface area contributed by atoms with E-state index >= 15 is 0 Å². The van der Waals surface area contributed by atoms with Gasteiger partial charge in [-0.25, -0.2) is 0 Å². The molecule has 0 fully saturated rings. The van der Waals surface area contributed by atoms with E-state index in [-0.39, 0.29) is 12.5 Å². The largest absolute Gasteiger partial charge is 0.484 e. The van der Waals surface area contributed by atoms with Gasteiger partial charge in [-0.05, 0) is 41.7 Å². The van der Waals surface area contributed by atoms with Crippen LogP contribution in [-0.4, -0.2) is 12.5 Å². The van der Waals surface area contributed by atoms with Crippen LogP contribution in [0.1, 0.15) is 16.7 Å². The summed E-state index contributed by atoms with van der Waals surface area (Å²) in [6.07, 6.45) is 1.74. The second-order valence-corrected chi connectivity index (χ2v) is 7.05. The number of anilines is 1. The third kappa shape index (κ3) is 3.07. The maximum atomic E-state index is 12.3. The Hall–Kier alpha value is -3.10. The van der Waals surface area contributed by atoms with Crippen LogP contribution in [0.5, 0.6) is 5.75 Å². The van der Waals surface area contributed by atoms with Crippen molar-refractivity contribution >= 4 is 22.2 Å². The fourth-order valence-corrected chi connectivity index (χ4v) is 4.45. The lowest BCUT2D eigenvalue weighted by Gasteiger charge is -2.15. The second-order valence-electron chi connectivity index (χ2n) is 6.03. The van der Waals surface area contributed by atoms with Crippen LogP contribution >= 0.6 is 11.3 Å². The van der Waals surface area contributed by atoms with Gasteiger partial charge >= 0.3 is 0 Å². The van der Waals surface area contributed by atoms with E-state index in [0.717, 1.165) is 28.8 Å². The monoisotopic (exact) mass is 360 g/mol. The van der Waals surface area contributed by atoms with Gasteiger partial charge in [-0.2, -0.15) is 5.26 Å². The van der Waals surface area contributed by atoms with Gasteiger partial charge in [0.1, 0.15) is 16.8 Å². The summed E-state index contributed by atoms with van der Waals surface area (Å²) < 4.78 is 5.48. The fraction of sp³-hybridized carbons (Fsp3) is 0.143. The summed E-state index contributed by atoms with van der Waals surface area (Å²) in [6.45, 7) is -0.0893. The Labute approximate surface area is 155 Å². The van der Waals surface area contributed by atoms with E-state index in [1.165, 1.54) is 16.9 Å². The first kappa shape index (κ1) is 16.4. The van der Waals surface area contributed by atoms with Gasteiger partial charge in [0, 0.05) is 4.88 Å². The first-order valence-electron chi connectivity index (χ1n) is 8.38. The molecule has 1 N–H and O–H groups in total. The van der Waals surface area contributed by atoms with Gasteiger partial charge in [0.05, 0.1) is 5.56 Å². The van der Waals surface area contributed by atoms with Crippen LogP contribution in [0.3, 0.4) is 0 Å². The summed E-state index contributed by atoms with van der Waals surface area (Å²) in [5, 5.41) is 13.1. The second kappa shape index (κ2) is 7.03. The molecule has 4 nitrogen and oxygen atoms in total. The van der Waals surface area contributed by atoms with Gasteiger partial charge in [-0.3, -0.25) is 4.79 Å². The van der Waals surface area contributed by atoms with Gasteiger partial charge in [0.25, 0.3) is 5.91 Å². The summed E-state index contributed by atoms with van der Waals surface area (Å²) in [5.74, 6) is 0.375. The highest BCUT2D eigenvalue weighted by atomic mass is 32.1. The van der Waals surface area contributed by atoms with Crippen LogP contribution in [0.15, 0.2) is 54.6 Å². The van der Waals surface area contributed by atoms with E-state index < -0.39 is 0 Å². The summed E-state index contributed by atoms with van der Waals surface area (Å²) >= 11 is 1.47. The first-order chi connectivity index (χ1) is 12.8. The van der Waals surface area contributed by atoms with Crippen molar-refractivity contribution < 1.29 is 9.53 Å². The number of ether oxygens (including phenoxy) is 1. The molecule has 0 bridgehead atoms. The standard InChI is InChI=1S/C21H16N2O2S/c22-12-18-17-11-10-14-6-4-5-9-16(14)20(17)26-21(18)23-19(24)13-25-15-7-2-1-3-8-15/h1-9H,10-11,13H2,(H,23,24). The number of aryl methyl sites for hydroxylation is 1. The van der Waals surface area contributed by atoms with E-state index in [2.05, 4.69) is 23.5 Å². The van der Waals surface area contributed by atoms with Gasteiger partial charge < -0.3 is 10.1 Å². The van der Waals surface area contributed by atoms with Crippen LogP contribution in [0.4, 0.5) is 5.00 Å². The van der Waals surface area contributed by atoms with Crippen molar-refractivity contribution in [1.82, 2.24) is 0 Å². The van der Waals surface area contributed by atoms with Gasteiger partial charge in [-0.15, -0.1) is 11.3 Å². The molecular formula is C21H16N2O2S. The van der Waals surface area contributed by atoms with Crippen molar-refractivity contribution in [3.8, 4) is 22.3 Å². The van der Waals surface area contributed by atoms with Crippen molar-refractivity contribution in [1.29, 1.82) is 5.26 Å². The number of amides is 1. The molecule has 0 spiro atoms. The molecule has 0 saturated carbocycles. The third-order valence-electron chi connectivity index (χ3n) is 4.39. The van der Waals surface area contributed by atoms with E-state index in [4.69, 9.17) is 4.74 Å². The van der Waals surface area contributed by atoms with Gasteiger partial charge in [-0.1, -0.05) is 42.5 Å². The number of benzene rings is 2. The number of carbonyl (C=O) groups is 1. The summed E-state index contributed by atoms with van der Waals surface area (Å²) in [4.78, 5) is 13.4. The molecule has 1 amide bonds. The molecule has 3 aromatic rings. The van der Waals surface area contributed by atoms with Crippen molar-refractivity contribution in [3.63, 3.8) is 0 Å². The zero-order valence-electron chi connectivity index (χ0n) is 14.0. The number of nitriles is 1. The summed E-state index contributed by atoms with van der Waals surface area (Å²) in [6, 6.07) is 19.7. The van der Waals surface area contributed by atoms with E-state index in [9.17, 15) is 10.1 Å². The van der Waals surface area contributed by atoms with Crippen molar-refractivity contribution in [2.45, 2.75) is 12.8 Å². The molecule has 2 aromatic carbocycles. The zero-order valence-corrected chi connectivity index (χ0v) is 14.8. The molecule has 1 aromatic heterocycles. The highest BCUT2D eigenvalue weighted by Crippen LogP contribution is 2.44. The molecule has 1 heterocycles. The van der Waals surface area contributed by atoms with Crippen LogP contribution in [-0.2, 0) is 17.6 Å². The predicted molar refractivity (Wildman–Crippen MR) is 102 cm³/mol. The Kier molecular flexibility index (Phi) is 4.42. The molecule has 1 aliphatic carbocycles. The maximum Gasteiger partial charge on any atom is 0.262 e. The molecule has 26 heavy (non-hydrogen) atoms. The molecule has 0 aliphatic heterocycles. The Morgan fingerprint density at radius 2 is 1.88 bits per heavy atom. The Morgan fingerprint density at radius 3 is 2.69 bits per heavy atom. The van der Waals surface area contributed by atoms with Gasteiger partial charge in [0.2, 0.25) is 0 Å². The van der Waals surface area contributed by atoms with Gasteiger partial charge in [0.15, 0.2) is 6.61 Å². The third-order valence-corrected chi connectivity index (χ3v) is 5.57. The molecule has 0 radical (unpaired) electrons. The van der Waals surface area contributed by atoms with E-state index in [1.54, 1.807) is 12.1 Å². The average Bonchev–Trinajstić information content (AvgIpc) is 3.04. The van der Waals surface area contributed by atoms with Crippen molar-refractivity contribution in [2.75, 3.05) is 11.9 Å². The van der Waals surface area contributed by atoms with Crippen LogP contribution in [0.2, 0.25) is 0 Å². The SMILES string of the molecule is N#Cc1c(NC(=O)COc2ccccc2)sc2c1CCc1ccccc1-2. The molecule has 128 valence electrons. The number of rotatable bonds is 4. The predicted octanol–water partition coefficient (Wildman–Crippen LogP) is 4.40. The van der Waals surface area contributed by atoms with Crippen LogP contribution in [0.25, 0.3) is 10.4 Å². The minimum Gasteiger partial charge on any atom is -0.484 e. The summed E-state index contributed by atoms with van der Waals surface area (Å²) in [7, 11) is 0. The lowest BCUT2D eigenvalue weighted by Crippen LogP contribution is -2.20. The number of hydrogen-bond donors (Lipinski definition) is 1. The normalized spacial score (nSPS) is 11.8. The highest BCUT2D eigenvalue weighted by Gasteiger charge is 2.25. The quantitative estimate of drug-likeness (QED) is 0.750. The minimum absolute atomic E-state index is 0.0893. The van der Waals surface area contributed by atoms with E-state index in [0.29, 0.717) is 16.3 Å². The fourth-order valence-electron chi connectivity index (χ4n) is 3.18. The van der Waals surface area contributed by atoms with Crippen molar-refractivity contribution in [3.05, 3.63) is 71.3 Å². The Balaban J connectivity index is 1.56. The zero-order chi connectivity index (χ0) is 17.9. The minimum atomic E-state index is -0.266. The maximum absolute atomic E-state index is 12.3. The number of hydrogen-bond acceptors (Lipinski definition) is 4. The molecule has 1 aliphatic rings. The molecular weight excluding hydrogens is 344 g/mol. The lowest BCUT2D eigenvalue weighted by atomic mass is 9.90. The Bertz CT molecular complexity index is 1000. The van der Waals surface area contributed by atoms with E-state index in [1.807, 2.05) is 30.3 Å². The Morgan fingerprint density at radius 1 is 1.12 bits per heavy atom. The van der Waals surface area contributed by atoms with Crippen LogP contribution < -0.4 is 10.1 Å². The molecule has 0 unspecified atom stereocenters. The lowest BCUT2D eigenvalue weighted by molar-refractivity contribution is -0.118. The molecule has 4 rings (SSSR count). The number of fused-ring (bicyclic) bond motifs is 3.